The molecule has 7 heteroatoms. The Morgan fingerprint density at radius 1 is 1.25 bits per heavy atom. The zero-order valence-corrected chi connectivity index (χ0v) is 14.9. The molecular weight excluding hydrogens is 322 g/mol. The predicted octanol–water partition coefficient (Wildman–Crippen LogP) is 2.69. The highest BCUT2D eigenvalue weighted by Gasteiger charge is 2.25. The van der Waals surface area contributed by atoms with Crippen LogP contribution < -0.4 is 5.32 Å². The minimum absolute atomic E-state index is 0.00798. The van der Waals surface area contributed by atoms with Crippen LogP contribution in [0, 0.1) is 0 Å². The lowest BCUT2D eigenvalue weighted by Crippen LogP contribution is -2.52. The van der Waals surface area contributed by atoms with Gasteiger partial charge in [-0.25, -0.2) is 9.78 Å². The first-order chi connectivity index (χ1) is 11.6. The monoisotopic (exact) mass is 345 g/mol. The van der Waals surface area contributed by atoms with Crippen LogP contribution in [0.1, 0.15) is 36.5 Å². The summed E-state index contributed by atoms with van der Waals surface area (Å²) in [6.07, 6.45) is 5.48. The second-order valence-corrected chi connectivity index (χ2v) is 6.95. The Morgan fingerprint density at radius 3 is 2.67 bits per heavy atom. The van der Waals surface area contributed by atoms with E-state index >= 15 is 0 Å². The van der Waals surface area contributed by atoms with Crippen molar-refractivity contribution < 1.29 is 4.79 Å². The van der Waals surface area contributed by atoms with Crippen molar-refractivity contribution in [3.8, 4) is 0 Å². The van der Waals surface area contributed by atoms with E-state index in [1.165, 1.54) is 5.56 Å². The quantitative estimate of drug-likeness (QED) is 0.925. The molecule has 1 aliphatic rings. The molecule has 3 heterocycles. The van der Waals surface area contributed by atoms with E-state index in [1.54, 1.807) is 23.7 Å². The predicted molar refractivity (Wildman–Crippen MR) is 94.9 cm³/mol. The number of carbonyl (C=O) groups is 1. The molecule has 0 aliphatic carbocycles. The maximum atomic E-state index is 12.4. The highest BCUT2D eigenvalue weighted by molar-refractivity contribution is 7.09. The van der Waals surface area contributed by atoms with Crippen LogP contribution in [0.25, 0.3) is 0 Å². The number of hydrogen-bond donors (Lipinski definition) is 1. The van der Waals surface area contributed by atoms with Crippen LogP contribution in [-0.2, 0) is 0 Å². The first-order valence-corrected chi connectivity index (χ1v) is 9.12. The molecule has 128 valence electrons. The van der Waals surface area contributed by atoms with E-state index < -0.39 is 0 Å². The second-order valence-electron chi connectivity index (χ2n) is 6.03. The van der Waals surface area contributed by atoms with Crippen LogP contribution in [0.2, 0.25) is 0 Å². The molecule has 3 rings (SSSR count). The first-order valence-electron chi connectivity index (χ1n) is 8.24. The average molecular weight is 345 g/mol. The van der Waals surface area contributed by atoms with Gasteiger partial charge < -0.3 is 10.2 Å². The number of amides is 2. The number of carbonyl (C=O) groups excluding carboxylic acids is 1. The summed E-state index contributed by atoms with van der Waals surface area (Å²) in [5.74, 6) is 0. The summed E-state index contributed by atoms with van der Waals surface area (Å²) < 4.78 is 0. The number of piperazine rings is 1. The summed E-state index contributed by atoms with van der Waals surface area (Å²) in [5, 5.41) is 5.90. The number of aromatic nitrogens is 2. The molecule has 2 atom stereocenters. The van der Waals surface area contributed by atoms with Gasteiger partial charge in [0.15, 0.2) is 0 Å². The Hall–Kier alpha value is -1.99. The highest BCUT2D eigenvalue weighted by atomic mass is 32.1. The topological polar surface area (TPSA) is 61.4 Å². The van der Waals surface area contributed by atoms with Crippen LogP contribution in [0.15, 0.2) is 36.1 Å². The van der Waals surface area contributed by atoms with Crippen molar-refractivity contribution in [3.63, 3.8) is 0 Å². The van der Waals surface area contributed by atoms with Crippen LogP contribution in [-0.4, -0.2) is 52.0 Å². The number of nitrogens with one attached hydrogen (secondary N) is 1. The maximum absolute atomic E-state index is 12.4. The largest absolute Gasteiger partial charge is 0.329 e. The van der Waals surface area contributed by atoms with Crippen LogP contribution in [0.3, 0.4) is 0 Å². The lowest BCUT2D eigenvalue weighted by molar-refractivity contribution is 0.112. The SMILES string of the molecule is C[C@H](c1cccnc1)N1CCN(C(=O)N[C@H](C)c2nccs2)CC1. The van der Waals surface area contributed by atoms with E-state index in [9.17, 15) is 4.79 Å². The Kier molecular flexibility index (Phi) is 5.42. The standard InChI is InChI=1S/C17H23N5OS/c1-13(16-19-6-11-24-16)20-17(23)22-9-7-21(8-10-22)14(2)15-4-3-5-18-12-15/h3-6,11-14H,7-10H2,1-2H3,(H,20,23)/t13-,14-/m1/s1. The molecule has 24 heavy (non-hydrogen) atoms. The summed E-state index contributed by atoms with van der Waals surface area (Å²) in [5.41, 5.74) is 1.22. The van der Waals surface area contributed by atoms with E-state index in [-0.39, 0.29) is 12.1 Å². The third kappa shape index (κ3) is 3.91. The summed E-state index contributed by atoms with van der Waals surface area (Å²) in [6, 6.07) is 4.33. The molecule has 1 saturated heterocycles. The molecular formula is C17H23N5OS. The van der Waals surface area contributed by atoms with E-state index in [0.29, 0.717) is 6.04 Å². The van der Waals surface area contributed by atoms with Crippen molar-refractivity contribution in [3.05, 3.63) is 46.7 Å². The van der Waals surface area contributed by atoms with Gasteiger partial charge in [-0.05, 0) is 25.5 Å². The molecule has 1 aliphatic heterocycles. The molecule has 2 aromatic heterocycles. The van der Waals surface area contributed by atoms with Gasteiger partial charge in [0.05, 0.1) is 6.04 Å². The van der Waals surface area contributed by atoms with Crippen molar-refractivity contribution >= 4 is 17.4 Å². The van der Waals surface area contributed by atoms with Crippen molar-refractivity contribution in [2.24, 2.45) is 0 Å². The fourth-order valence-corrected chi connectivity index (χ4v) is 3.58. The van der Waals surface area contributed by atoms with Crippen LogP contribution >= 0.6 is 11.3 Å². The Balaban J connectivity index is 1.50. The summed E-state index contributed by atoms with van der Waals surface area (Å²) in [6.45, 7) is 7.38. The van der Waals surface area contributed by atoms with Crippen LogP contribution in [0.5, 0.6) is 0 Å². The summed E-state index contributed by atoms with van der Waals surface area (Å²) in [4.78, 5) is 25.1. The molecule has 0 bridgehead atoms. The van der Waals surface area contributed by atoms with E-state index in [0.717, 1.165) is 31.2 Å². The molecule has 0 unspecified atom stereocenters. The van der Waals surface area contributed by atoms with Crippen molar-refractivity contribution in [1.29, 1.82) is 0 Å². The van der Waals surface area contributed by atoms with Gasteiger partial charge >= 0.3 is 6.03 Å². The Bertz CT molecular complexity index is 640. The fraction of sp³-hybridized carbons (Fsp3) is 0.471. The van der Waals surface area contributed by atoms with Gasteiger partial charge in [0.25, 0.3) is 0 Å². The van der Waals surface area contributed by atoms with Crippen molar-refractivity contribution in [2.45, 2.75) is 25.9 Å². The van der Waals surface area contributed by atoms with Gasteiger partial charge in [-0.1, -0.05) is 6.07 Å². The summed E-state index contributed by atoms with van der Waals surface area (Å²) >= 11 is 1.56. The van der Waals surface area contributed by atoms with Crippen LogP contribution in [0.4, 0.5) is 4.79 Å². The van der Waals surface area contributed by atoms with Gasteiger partial charge in [-0.15, -0.1) is 11.3 Å². The number of nitrogens with zero attached hydrogens (tertiary/aromatic N) is 4. The minimum Gasteiger partial charge on any atom is -0.329 e. The zero-order valence-electron chi connectivity index (χ0n) is 14.1. The van der Waals surface area contributed by atoms with Gasteiger partial charge in [0, 0.05) is 56.2 Å². The van der Waals surface area contributed by atoms with E-state index in [4.69, 9.17) is 0 Å². The number of rotatable bonds is 4. The lowest BCUT2D eigenvalue weighted by atomic mass is 10.1. The highest BCUT2D eigenvalue weighted by Crippen LogP contribution is 2.21. The van der Waals surface area contributed by atoms with Gasteiger partial charge in [-0.2, -0.15) is 0 Å². The van der Waals surface area contributed by atoms with Gasteiger partial charge in [0.2, 0.25) is 0 Å². The molecule has 6 nitrogen and oxygen atoms in total. The van der Waals surface area contributed by atoms with Gasteiger partial charge in [0.1, 0.15) is 5.01 Å². The molecule has 1 N–H and O–H groups in total. The zero-order chi connectivity index (χ0) is 16.9. The van der Waals surface area contributed by atoms with Crippen molar-refractivity contribution in [2.75, 3.05) is 26.2 Å². The molecule has 2 aromatic rings. The number of thiazole rings is 1. The molecule has 0 aromatic carbocycles. The van der Waals surface area contributed by atoms with E-state index in [1.807, 2.05) is 29.5 Å². The Morgan fingerprint density at radius 2 is 2.04 bits per heavy atom. The molecule has 0 radical (unpaired) electrons. The fourth-order valence-electron chi connectivity index (χ4n) is 2.93. The van der Waals surface area contributed by atoms with Crippen molar-refractivity contribution in [1.82, 2.24) is 25.1 Å². The van der Waals surface area contributed by atoms with Gasteiger partial charge in [-0.3, -0.25) is 9.88 Å². The first kappa shape index (κ1) is 16.9. The number of hydrogen-bond acceptors (Lipinski definition) is 5. The molecule has 0 spiro atoms. The summed E-state index contributed by atoms with van der Waals surface area (Å²) in [7, 11) is 0. The second kappa shape index (κ2) is 7.72. The normalized spacial score (nSPS) is 18.2. The van der Waals surface area contributed by atoms with E-state index in [2.05, 4.69) is 33.2 Å². The number of urea groups is 1. The maximum Gasteiger partial charge on any atom is 0.318 e. The smallest absolute Gasteiger partial charge is 0.318 e. The minimum atomic E-state index is -0.0511. The number of pyridine rings is 1. The third-order valence-electron chi connectivity index (χ3n) is 4.48. The third-order valence-corrected chi connectivity index (χ3v) is 5.44. The lowest BCUT2D eigenvalue weighted by Gasteiger charge is -2.38. The molecule has 0 saturated carbocycles. The molecule has 2 amide bonds. The Labute approximate surface area is 146 Å². The average Bonchev–Trinajstić information content (AvgIpc) is 3.17. The molecule has 1 fully saturated rings.